The average molecular weight is 259 g/mol. The van der Waals surface area contributed by atoms with E-state index in [0.29, 0.717) is 15.7 Å². The van der Waals surface area contributed by atoms with E-state index >= 15 is 0 Å². The molecule has 0 unspecified atom stereocenters. The van der Waals surface area contributed by atoms with Crippen molar-refractivity contribution in [3.05, 3.63) is 34.5 Å². The van der Waals surface area contributed by atoms with Crippen LogP contribution in [0.25, 0.3) is 0 Å². The molecule has 2 heterocycles. The number of nitriles is 1. The highest BCUT2D eigenvalue weighted by molar-refractivity contribution is 7.99. The summed E-state index contributed by atoms with van der Waals surface area (Å²) in [5, 5.41) is 16.0. The Morgan fingerprint density at radius 1 is 1.56 bits per heavy atom. The molecule has 7 heteroatoms. The van der Waals surface area contributed by atoms with Crippen molar-refractivity contribution >= 4 is 11.8 Å². The quantitative estimate of drug-likeness (QED) is 0.898. The number of pyridine rings is 1. The van der Waals surface area contributed by atoms with Crippen LogP contribution in [0.5, 0.6) is 0 Å². The molecule has 2 aromatic heterocycles. The Labute approximate surface area is 107 Å². The number of aromatic nitrogens is 4. The van der Waals surface area contributed by atoms with E-state index in [9.17, 15) is 4.79 Å². The van der Waals surface area contributed by atoms with Crippen molar-refractivity contribution in [3.63, 3.8) is 0 Å². The lowest BCUT2D eigenvalue weighted by Gasteiger charge is -2.03. The van der Waals surface area contributed by atoms with Gasteiger partial charge in [-0.2, -0.15) is 5.26 Å². The zero-order valence-corrected chi connectivity index (χ0v) is 10.1. The van der Waals surface area contributed by atoms with Crippen LogP contribution in [0.4, 0.5) is 0 Å². The molecule has 3 rings (SSSR count). The Morgan fingerprint density at radius 3 is 3.11 bits per heavy atom. The molecule has 0 atom stereocenters. The van der Waals surface area contributed by atoms with Crippen LogP contribution < -0.4 is 5.69 Å². The molecule has 0 bridgehead atoms. The average Bonchev–Trinajstić information content (AvgIpc) is 3.16. The van der Waals surface area contributed by atoms with E-state index in [-0.39, 0.29) is 11.7 Å². The third-order valence-corrected chi connectivity index (χ3v) is 3.68. The number of hydrogen-bond donors (Lipinski definition) is 1. The first-order valence-corrected chi connectivity index (χ1v) is 6.31. The highest BCUT2D eigenvalue weighted by atomic mass is 32.2. The number of aromatic amines is 1. The Morgan fingerprint density at radius 2 is 2.39 bits per heavy atom. The smallest absolute Gasteiger partial charge is 0.267 e. The topological polar surface area (TPSA) is 87.4 Å². The molecule has 0 amide bonds. The van der Waals surface area contributed by atoms with Crippen molar-refractivity contribution in [1.82, 2.24) is 19.7 Å². The Kier molecular flexibility index (Phi) is 2.64. The van der Waals surface area contributed by atoms with Gasteiger partial charge in [0, 0.05) is 12.2 Å². The molecule has 1 aliphatic carbocycles. The SMILES string of the molecule is N#Cc1ncccc1Sc1n[nH]c(=O)n1C1CC1. The Hall–Kier alpha value is -2.07. The fourth-order valence-electron chi connectivity index (χ4n) is 1.67. The second-order valence-electron chi connectivity index (χ2n) is 3.98. The van der Waals surface area contributed by atoms with Crippen molar-refractivity contribution in [2.24, 2.45) is 0 Å². The van der Waals surface area contributed by atoms with E-state index in [1.807, 2.05) is 6.07 Å². The van der Waals surface area contributed by atoms with Crippen LogP contribution in [-0.4, -0.2) is 19.7 Å². The second kappa shape index (κ2) is 4.31. The van der Waals surface area contributed by atoms with E-state index in [2.05, 4.69) is 15.2 Å². The lowest BCUT2D eigenvalue weighted by molar-refractivity contribution is 0.642. The number of rotatable bonds is 3. The molecule has 1 N–H and O–H groups in total. The van der Waals surface area contributed by atoms with Crippen LogP contribution in [0.15, 0.2) is 33.2 Å². The number of nitrogens with one attached hydrogen (secondary N) is 1. The van der Waals surface area contributed by atoms with Gasteiger partial charge in [0.15, 0.2) is 10.9 Å². The minimum absolute atomic E-state index is 0.192. The fourth-order valence-corrected chi connectivity index (χ4v) is 2.63. The summed E-state index contributed by atoms with van der Waals surface area (Å²) in [6.45, 7) is 0. The lowest BCUT2D eigenvalue weighted by atomic mass is 10.4. The summed E-state index contributed by atoms with van der Waals surface area (Å²) in [4.78, 5) is 16.3. The second-order valence-corrected chi connectivity index (χ2v) is 4.99. The number of hydrogen-bond acceptors (Lipinski definition) is 5. The molecule has 6 nitrogen and oxygen atoms in total. The summed E-state index contributed by atoms with van der Waals surface area (Å²) < 4.78 is 1.65. The fraction of sp³-hybridized carbons (Fsp3) is 0.273. The van der Waals surface area contributed by atoms with Crippen LogP contribution >= 0.6 is 11.8 Å². The minimum Gasteiger partial charge on any atom is -0.267 e. The molecular weight excluding hydrogens is 250 g/mol. The lowest BCUT2D eigenvalue weighted by Crippen LogP contribution is -2.16. The Bertz CT molecular complexity index is 679. The highest BCUT2D eigenvalue weighted by Gasteiger charge is 2.29. The van der Waals surface area contributed by atoms with E-state index in [1.54, 1.807) is 22.9 Å². The molecule has 0 aromatic carbocycles. The minimum atomic E-state index is -0.192. The van der Waals surface area contributed by atoms with Gasteiger partial charge < -0.3 is 0 Å². The van der Waals surface area contributed by atoms with Gasteiger partial charge in [-0.3, -0.25) is 4.57 Å². The maximum Gasteiger partial charge on any atom is 0.344 e. The first-order valence-electron chi connectivity index (χ1n) is 5.49. The van der Waals surface area contributed by atoms with Gasteiger partial charge in [0.25, 0.3) is 0 Å². The number of H-pyrrole nitrogens is 1. The van der Waals surface area contributed by atoms with Gasteiger partial charge in [-0.15, -0.1) is 5.10 Å². The molecular formula is C11H9N5OS. The summed E-state index contributed by atoms with van der Waals surface area (Å²) in [7, 11) is 0. The molecule has 0 spiro atoms. The van der Waals surface area contributed by atoms with Crippen molar-refractivity contribution < 1.29 is 0 Å². The standard InChI is InChI=1S/C11H9N5OS/c12-6-8-9(2-1-5-13-8)18-11-15-14-10(17)16(11)7-3-4-7/h1-2,5,7H,3-4H2,(H,14,17). The van der Waals surface area contributed by atoms with Crippen molar-refractivity contribution in [2.45, 2.75) is 28.9 Å². The van der Waals surface area contributed by atoms with Gasteiger partial charge in [-0.25, -0.2) is 14.9 Å². The van der Waals surface area contributed by atoms with Crippen LogP contribution in [0.2, 0.25) is 0 Å². The largest absolute Gasteiger partial charge is 0.344 e. The van der Waals surface area contributed by atoms with E-state index in [4.69, 9.17) is 5.26 Å². The molecule has 1 saturated carbocycles. The van der Waals surface area contributed by atoms with Crippen LogP contribution in [0.3, 0.4) is 0 Å². The zero-order valence-electron chi connectivity index (χ0n) is 9.33. The predicted molar refractivity (Wildman–Crippen MR) is 64.2 cm³/mol. The summed E-state index contributed by atoms with van der Waals surface area (Å²) in [5.41, 5.74) is 0.155. The maximum atomic E-state index is 11.6. The highest BCUT2D eigenvalue weighted by Crippen LogP contribution is 2.37. The molecule has 18 heavy (non-hydrogen) atoms. The molecule has 2 aromatic rings. The van der Waals surface area contributed by atoms with Gasteiger partial charge in [-0.05, 0) is 36.7 Å². The van der Waals surface area contributed by atoms with Gasteiger partial charge >= 0.3 is 5.69 Å². The summed E-state index contributed by atoms with van der Waals surface area (Å²) in [6, 6.07) is 5.84. The van der Waals surface area contributed by atoms with Crippen LogP contribution in [-0.2, 0) is 0 Å². The van der Waals surface area contributed by atoms with Crippen LogP contribution in [0, 0.1) is 11.3 Å². The van der Waals surface area contributed by atoms with Crippen molar-refractivity contribution in [1.29, 1.82) is 5.26 Å². The first kappa shape index (κ1) is 11.0. The van der Waals surface area contributed by atoms with Gasteiger partial charge in [0.1, 0.15) is 6.07 Å². The van der Waals surface area contributed by atoms with Crippen molar-refractivity contribution in [2.75, 3.05) is 0 Å². The van der Waals surface area contributed by atoms with Gasteiger partial charge in [0.05, 0.1) is 4.90 Å². The summed E-state index contributed by atoms with van der Waals surface area (Å²) in [6.07, 6.45) is 3.58. The third-order valence-electron chi connectivity index (χ3n) is 2.66. The van der Waals surface area contributed by atoms with Gasteiger partial charge in [0.2, 0.25) is 0 Å². The van der Waals surface area contributed by atoms with E-state index in [1.165, 1.54) is 11.8 Å². The monoisotopic (exact) mass is 259 g/mol. The molecule has 0 saturated heterocycles. The van der Waals surface area contributed by atoms with Gasteiger partial charge in [-0.1, -0.05) is 0 Å². The summed E-state index contributed by atoms with van der Waals surface area (Å²) in [5.74, 6) is 0. The van der Waals surface area contributed by atoms with E-state index < -0.39 is 0 Å². The molecule has 90 valence electrons. The maximum absolute atomic E-state index is 11.6. The molecule has 0 aliphatic heterocycles. The van der Waals surface area contributed by atoms with Crippen molar-refractivity contribution in [3.8, 4) is 6.07 Å². The first-order chi connectivity index (χ1) is 8.79. The normalized spacial score (nSPS) is 14.4. The molecule has 1 aliphatic rings. The van der Waals surface area contributed by atoms with Crippen LogP contribution in [0.1, 0.15) is 24.6 Å². The third kappa shape index (κ3) is 1.91. The van der Waals surface area contributed by atoms with E-state index in [0.717, 1.165) is 12.8 Å². The summed E-state index contributed by atoms with van der Waals surface area (Å²) >= 11 is 1.29. The predicted octanol–water partition coefficient (Wildman–Crippen LogP) is 1.32. The molecule has 0 radical (unpaired) electrons. The Balaban J connectivity index is 1.98. The molecule has 1 fully saturated rings. The number of nitrogens with zero attached hydrogens (tertiary/aromatic N) is 4. The zero-order chi connectivity index (χ0) is 12.5.